The summed E-state index contributed by atoms with van der Waals surface area (Å²) in [5.41, 5.74) is 4.96. The molecule has 1 aromatic heterocycles. The quantitative estimate of drug-likeness (QED) is 0.751. The number of carbonyl (C=O) groups is 1. The third kappa shape index (κ3) is 3.04. The van der Waals surface area contributed by atoms with Crippen LogP contribution in [-0.2, 0) is 17.6 Å². The first-order valence-electron chi connectivity index (χ1n) is 8.70. The highest BCUT2D eigenvalue weighted by molar-refractivity contribution is 5.80. The van der Waals surface area contributed by atoms with Gasteiger partial charge in [0.1, 0.15) is 12.1 Å². The van der Waals surface area contributed by atoms with Crippen LogP contribution in [-0.4, -0.2) is 21.0 Å². The lowest BCUT2D eigenvalue weighted by atomic mass is 10.0. The Labute approximate surface area is 151 Å². The van der Waals surface area contributed by atoms with Crippen molar-refractivity contribution < 1.29 is 9.90 Å². The minimum Gasteiger partial charge on any atom is -0.479 e. The summed E-state index contributed by atoms with van der Waals surface area (Å²) in [6.45, 7) is 0. The molecule has 0 fully saturated rings. The van der Waals surface area contributed by atoms with E-state index in [9.17, 15) is 9.90 Å². The minimum absolute atomic E-state index is 0.600. The standard InChI is InChI=1S/C21H19N3O2/c25-21(26)18(15-8-2-1-3-9-15)24-20-17-12-6-10-14-7-4-5-11-16(14)19(17)22-13-23-20/h1-5,7-9,11,13,18H,6,10,12H2,(H,25,26)(H,22,23,24). The van der Waals surface area contributed by atoms with E-state index in [4.69, 9.17) is 0 Å². The molecular formula is C21H19N3O2. The van der Waals surface area contributed by atoms with Crippen molar-refractivity contribution in [3.8, 4) is 11.3 Å². The number of aromatic nitrogens is 2. The Balaban J connectivity index is 1.76. The molecule has 0 spiro atoms. The maximum Gasteiger partial charge on any atom is 0.330 e. The number of hydrogen-bond donors (Lipinski definition) is 2. The van der Waals surface area contributed by atoms with E-state index in [-0.39, 0.29) is 0 Å². The number of carboxylic acids is 1. The topological polar surface area (TPSA) is 75.1 Å². The molecule has 0 bridgehead atoms. The van der Waals surface area contributed by atoms with Crippen LogP contribution in [0.1, 0.15) is 29.2 Å². The average molecular weight is 345 g/mol. The molecular weight excluding hydrogens is 326 g/mol. The van der Waals surface area contributed by atoms with Crippen LogP contribution in [0.5, 0.6) is 0 Å². The van der Waals surface area contributed by atoms with Crippen LogP contribution >= 0.6 is 0 Å². The van der Waals surface area contributed by atoms with E-state index in [1.807, 2.05) is 30.3 Å². The van der Waals surface area contributed by atoms with Crippen LogP contribution in [0.25, 0.3) is 11.3 Å². The van der Waals surface area contributed by atoms with Crippen molar-refractivity contribution in [2.24, 2.45) is 0 Å². The van der Waals surface area contributed by atoms with Gasteiger partial charge >= 0.3 is 5.97 Å². The highest BCUT2D eigenvalue weighted by atomic mass is 16.4. The van der Waals surface area contributed by atoms with Crippen LogP contribution in [0.15, 0.2) is 60.9 Å². The van der Waals surface area contributed by atoms with Gasteiger partial charge in [0.05, 0.1) is 5.69 Å². The monoisotopic (exact) mass is 345 g/mol. The molecule has 3 aromatic rings. The van der Waals surface area contributed by atoms with Gasteiger partial charge in [-0.2, -0.15) is 0 Å². The zero-order valence-corrected chi connectivity index (χ0v) is 14.2. The third-order valence-electron chi connectivity index (χ3n) is 4.75. The molecule has 4 rings (SSSR count). The molecule has 0 saturated carbocycles. The molecule has 1 aliphatic rings. The van der Waals surface area contributed by atoms with E-state index in [2.05, 4.69) is 27.4 Å². The fourth-order valence-corrected chi connectivity index (χ4v) is 3.50. The van der Waals surface area contributed by atoms with Gasteiger partial charge in [-0.25, -0.2) is 14.8 Å². The van der Waals surface area contributed by atoms with Crippen molar-refractivity contribution in [3.63, 3.8) is 0 Å². The summed E-state index contributed by atoms with van der Waals surface area (Å²) in [4.78, 5) is 20.7. The molecule has 5 nitrogen and oxygen atoms in total. The number of benzene rings is 2. The highest BCUT2D eigenvalue weighted by Gasteiger charge is 2.24. The molecule has 1 aliphatic carbocycles. The predicted octanol–water partition coefficient (Wildman–Crippen LogP) is 3.87. The Bertz CT molecular complexity index is 941. The number of carboxylic acid groups (broad SMARTS) is 1. The van der Waals surface area contributed by atoms with Crippen LogP contribution in [0.2, 0.25) is 0 Å². The fourth-order valence-electron chi connectivity index (χ4n) is 3.50. The Morgan fingerprint density at radius 2 is 1.77 bits per heavy atom. The van der Waals surface area contributed by atoms with Gasteiger partial charge in [-0.3, -0.25) is 0 Å². The van der Waals surface area contributed by atoms with E-state index < -0.39 is 12.0 Å². The lowest BCUT2D eigenvalue weighted by Crippen LogP contribution is -2.22. The largest absolute Gasteiger partial charge is 0.479 e. The van der Waals surface area contributed by atoms with Gasteiger partial charge in [-0.15, -0.1) is 0 Å². The van der Waals surface area contributed by atoms with Gasteiger partial charge < -0.3 is 10.4 Å². The molecule has 130 valence electrons. The van der Waals surface area contributed by atoms with Gasteiger partial charge in [0, 0.05) is 11.1 Å². The minimum atomic E-state index is -0.933. The number of aryl methyl sites for hydroxylation is 1. The van der Waals surface area contributed by atoms with Crippen molar-refractivity contribution in [1.82, 2.24) is 9.97 Å². The van der Waals surface area contributed by atoms with Crippen molar-refractivity contribution in [1.29, 1.82) is 0 Å². The number of nitrogens with zero attached hydrogens (tertiary/aromatic N) is 2. The first kappa shape index (κ1) is 16.3. The normalized spacial score (nSPS) is 13.8. The molecule has 1 heterocycles. The number of fused-ring (bicyclic) bond motifs is 3. The summed E-state index contributed by atoms with van der Waals surface area (Å²) < 4.78 is 0. The van der Waals surface area contributed by atoms with Gasteiger partial charge in [0.25, 0.3) is 0 Å². The predicted molar refractivity (Wildman–Crippen MR) is 99.9 cm³/mol. The van der Waals surface area contributed by atoms with Crippen molar-refractivity contribution in [2.75, 3.05) is 5.32 Å². The van der Waals surface area contributed by atoms with Crippen LogP contribution < -0.4 is 5.32 Å². The Morgan fingerprint density at radius 1 is 1.00 bits per heavy atom. The first-order valence-corrected chi connectivity index (χ1v) is 8.70. The zero-order chi connectivity index (χ0) is 17.9. The molecule has 1 atom stereocenters. The second kappa shape index (κ2) is 6.96. The van der Waals surface area contributed by atoms with Gasteiger partial charge in [-0.05, 0) is 30.4 Å². The SMILES string of the molecule is O=C(O)C(Nc1ncnc2c1CCCc1ccccc1-2)c1ccccc1. The maximum absolute atomic E-state index is 11.8. The maximum atomic E-state index is 11.8. The lowest BCUT2D eigenvalue weighted by molar-refractivity contribution is -0.138. The Morgan fingerprint density at radius 3 is 2.58 bits per heavy atom. The summed E-state index contributed by atoms with van der Waals surface area (Å²) in [6, 6.07) is 16.6. The second-order valence-electron chi connectivity index (χ2n) is 6.39. The number of nitrogens with one attached hydrogen (secondary N) is 1. The summed E-state index contributed by atoms with van der Waals surface area (Å²) in [5.74, 6) is -0.333. The van der Waals surface area contributed by atoms with Crippen molar-refractivity contribution in [2.45, 2.75) is 25.3 Å². The first-order chi connectivity index (χ1) is 12.7. The van der Waals surface area contributed by atoms with E-state index in [1.54, 1.807) is 12.1 Å². The third-order valence-corrected chi connectivity index (χ3v) is 4.75. The molecule has 2 N–H and O–H groups in total. The number of aliphatic carboxylic acids is 1. The van der Waals surface area contributed by atoms with Crippen molar-refractivity contribution >= 4 is 11.8 Å². The fraction of sp³-hybridized carbons (Fsp3) is 0.190. The zero-order valence-electron chi connectivity index (χ0n) is 14.2. The molecule has 5 heteroatoms. The lowest BCUT2D eigenvalue weighted by Gasteiger charge is -2.19. The van der Waals surface area contributed by atoms with Gasteiger partial charge in [-0.1, -0.05) is 54.6 Å². The summed E-state index contributed by atoms with van der Waals surface area (Å²) in [6.07, 6.45) is 4.28. The van der Waals surface area contributed by atoms with E-state index >= 15 is 0 Å². The summed E-state index contributed by atoms with van der Waals surface area (Å²) in [7, 11) is 0. The van der Waals surface area contributed by atoms with E-state index in [1.165, 1.54) is 11.9 Å². The highest BCUT2D eigenvalue weighted by Crippen LogP contribution is 2.34. The number of hydrogen-bond acceptors (Lipinski definition) is 4. The average Bonchev–Trinajstić information content (AvgIpc) is 2.86. The second-order valence-corrected chi connectivity index (χ2v) is 6.39. The van der Waals surface area contributed by atoms with Crippen molar-refractivity contribution in [3.05, 3.63) is 77.6 Å². The van der Waals surface area contributed by atoms with Crippen LogP contribution in [0.3, 0.4) is 0 Å². The molecule has 0 amide bonds. The molecule has 0 aliphatic heterocycles. The Hall–Kier alpha value is -3.21. The summed E-state index contributed by atoms with van der Waals surface area (Å²) >= 11 is 0. The van der Waals surface area contributed by atoms with Gasteiger partial charge in [0.15, 0.2) is 6.04 Å². The van der Waals surface area contributed by atoms with Gasteiger partial charge in [0.2, 0.25) is 0 Å². The molecule has 2 aromatic carbocycles. The molecule has 26 heavy (non-hydrogen) atoms. The smallest absolute Gasteiger partial charge is 0.330 e. The summed E-state index contributed by atoms with van der Waals surface area (Å²) in [5, 5.41) is 12.8. The van der Waals surface area contributed by atoms with Crippen LogP contribution in [0.4, 0.5) is 5.82 Å². The van der Waals surface area contributed by atoms with E-state index in [0.29, 0.717) is 11.4 Å². The van der Waals surface area contributed by atoms with E-state index in [0.717, 1.165) is 36.1 Å². The number of anilines is 1. The molecule has 0 radical (unpaired) electrons. The Kier molecular flexibility index (Phi) is 4.35. The molecule has 0 saturated heterocycles. The molecule has 1 unspecified atom stereocenters. The number of rotatable bonds is 4. The van der Waals surface area contributed by atoms with Crippen LogP contribution in [0, 0.1) is 0 Å².